The van der Waals surface area contributed by atoms with E-state index in [2.05, 4.69) is 24.2 Å². The minimum absolute atomic E-state index is 0.175. The molecule has 1 aromatic carbocycles. The summed E-state index contributed by atoms with van der Waals surface area (Å²) in [6.07, 6.45) is 2.24. The first-order valence-corrected chi connectivity index (χ1v) is 5.87. The smallest absolute Gasteiger partial charge is 0.125 e. The molecule has 3 heteroatoms. The Kier molecular flexibility index (Phi) is 3.44. The highest BCUT2D eigenvalue weighted by Gasteiger charge is 2.22. The van der Waals surface area contributed by atoms with E-state index in [0.717, 1.165) is 25.1 Å². The monoisotopic (exact) mass is 222 g/mol. The molecule has 0 unspecified atom stereocenters. The Bertz CT molecular complexity index is 354. The molecule has 2 nitrogen and oxygen atoms in total. The first-order valence-electron chi connectivity index (χ1n) is 5.87. The summed E-state index contributed by atoms with van der Waals surface area (Å²) < 4.78 is 13.0. The number of rotatable bonds is 2. The Morgan fingerprint density at radius 1 is 1.44 bits per heavy atom. The number of likely N-dealkylation sites (tertiary alicyclic amines) is 1. The van der Waals surface area contributed by atoms with Gasteiger partial charge in [0, 0.05) is 24.3 Å². The van der Waals surface area contributed by atoms with Crippen molar-refractivity contribution in [2.24, 2.45) is 0 Å². The van der Waals surface area contributed by atoms with Gasteiger partial charge in [0.15, 0.2) is 0 Å². The van der Waals surface area contributed by atoms with Gasteiger partial charge in [-0.2, -0.15) is 0 Å². The molecule has 1 heterocycles. The van der Waals surface area contributed by atoms with E-state index in [1.807, 2.05) is 6.07 Å². The SMILES string of the molecule is C[C@H]1C[C@H](Nc2cccc(F)c2)CCN1C. The van der Waals surface area contributed by atoms with Crippen molar-refractivity contribution in [3.05, 3.63) is 30.1 Å². The zero-order valence-electron chi connectivity index (χ0n) is 9.91. The predicted molar refractivity (Wildman–Crippen MR) is 65.1 cm³/mol. The molecular formula is C13H19FN2. The number of nitrogens with zero attached hydrogens (tertiary/aromatic N) is 1. The van der Waals surface area contributed by atoms with Crippen molar-refractivity contribution >= 4 is 5.69 Å². The normalized spacial score (nSPS) is 26.7. The molecule has 0 radical (unpaired) electrons. The molecule has 1 aromatic rings. The van der Waals surface area contributed by atoms with Crippen LogP contribution in [0.25, 0.3) is 0 Å². The van der Waals surface area contributed by atoms with Gasteiger partial charge in [-0.15, -0.1) is 0 Å². The molecule has 1 aliphatic rings. The van der Waals surface area contributed by atoms with Crippen LogP contribution in [0.1, 0.15) is 19.8 Å². The van der Waals surface area contributed by atoms with Crippen molar-refractivity contribution in [1.82, 2.24) is 4.90 Å². The molecule has 0 saturated carbocycles. The maximum Gasteiger partial charge on any atom is 0.125 e. The van der Waals surface area contributed by atoms with Gasteiger partial charge in [-0.05, 0) is 45.0 Å². The third kappa shape index (κ3) is 2.73. The zero-order valence-corrected chi connectivity index (χ0v) is 9.91. The van der Waals surface area contributed by atoms with E-state index in [-0.39, 0.29) is 5.82 Å². The van der Waals surface area contributed by atoms with Crippen LogP contribution in [-0.2, 0) is 0 Å². The Morgan fingerprint density at radius 3 is 2.94 bits per heavy atom. The van der Waals surface area contributed by atoms with E-state index in [4.69, 9.17) is 0 Å². The summed E-state index contributed by atoms with van der Waals surface area (Å²) in [5.74, 6) is -0.175. The number of hydrogen-bond acceptors (Lipinski definition) is 2. The van der Waals surface area contributed by atoms with Crippen molar-refractivity contribution in [3.8, 4) is 0 Å². The predicted octanol–water partition coefficient (Wildman–Crippen LogP) is 2.72. The second kappa shape index (κ2) is 4.83. The summed E-state index contributed by atoms with van der Waals surface area (Å²) in [7, 11) is 2.16. The molecular weight excluding hydrogens is 203 g/mol. The topological polar surface area (TPSA) is 15.3 Å². The molecule has 0 bridgehead atoms. The third-order valence-corrected chi connectivity index (χ3v) is 3.40. The van der Waals surface area contributed by atoms with Gasteiger partial charge < -0.3 is 10.2 Å². The lowest BCUT2D eigenvalue weighted by molar-refractivity contribution is 0.190. The number of benzene rings is 1. The molecule has 2 atom stereocenters. The molecule has 1 fully saturated rings. The van der Waals surface area contributed by atoms with Crippen LogP contribution in [0, 0.1) is 5.82 Å². The minimum Gasteiger partial charge on any atom is -0.382 e. The summed E-state index contributed by atoms with van der Waals surface area (Å²) in [5.41, 5.74) is 0.891. The highest BCUT2D eigenvalue weighted by Crippen LogP contribution is 2.20. The van der Waals surface area contributed by atoms with Crippen LogP contribution in [-0.4, -0.2) is 30.6 Å². The first kappa shape index (κ1) is 11.4. The van der Waals surface area contributed by atoms with Gasteiger partial charge in [-0.3, -0.25) is 0 Å². The lowest BCUT2D eigenvalue weighted by Crippen LogP contribution is -2.42. The molecule has 0 spiro atoms. The van der Waals surface area contributed by atoms with Crippen molar-refractivity contribution in [2.45, 2.75) is 31.8 Å². The van der Waals surface area contributed by atoms with Crippen molar-refractivity contribution in [1.29, 1.82) is 0 Å². The molecule has 0 aliphatic carbocycles. The van der Waals surface area contributed by atoms with E-state index in [1.165, 1.54) is 6.07 Å². The summed E-state index contributed by atoms with van der Waals surface area (Å²) in [4.78, 5) is 2.36. The highest BCUT2D eigenvalue weighted by atomic mass is 19.1. The van der Waals surface area contributed by atoms with E-state index < -0.39 is 0 Å². The standard InChI is InChI=1S/C13H19FN2/c1-10-8-13(6-7-16(10)2)15-12-5-3-4-11(14)9-12/h3-5,9-10,13,15H,6-8H2,1-2H3/t10-,13+/m0/s1. The van der Waals surface area contributed by atoms with Gasteiger partial charge in [0.2, 0.25) is 0 Å². The molecule has 2 rings (SSSR count). The Balaban J connectivity index is 1.95. The number of nitrogens with one attached hydrogen (secondary N) is 1. The highest BCUT2D eigenvalue weighted by molar-refractivity contribution is 5.44. The fraction of sp³-hybridized carbons (Fsp3) is 0.538. The van der Waals surface area contributed by atoms with Crippen LogP contribution in [0.4, 0.5) is 10.1 Å². The van der Waals surface area contributed by atoms with Crippen LogP contribution in [0.15, 0.2) is 24.3 Å². The van der Waals surface area contributed by atoms with Gasteiger partial charge in [0.25, 0.3) is 0 Å². The van der Waals surface area contributed by atoms with Gasteiger partial charge >= 0.3 is 0 Å². The van der Waals surface area contributed by atoms with Crippen molar-refractivity contribution in [3.63, 3.8) is 0 Å². The molecule has 16 heavy (non-hydrogen) atoms. The number of hydrogen-bond donors (Lipinski definition) is 1. The third-order valence-electron chi connectivity index (χ3n) is 3.40. The van der Waals surface area contributed by atoms with Crippen LogP contribution in [0.5, 0.6) is 0 Å². The lowest BCUT2D eigenvalue weighted by Gasteiger charge is -2.35. The minimum atomic E-state index is -0.175. The largest absolute Gasteiger partial charge is 0.382 e. The average Bonchev–Trinajstić information content (AvgIpc) is 2.24. The average molecular weight is 222 g/mol. The quantitative estimate of drug-likeness (QED) is 0.827. The number of piperidine rings is 1. The van der Waals surface area contributed by atoms with E-state index in [9.17, 15) is 4.39 Å². The van der Waals surface area contributed by atoms with Gasteiger partial charge in [-0.1, -0.05) is 6.07 Å². The zero-order chi connectivity index (χ0) is 11.5. The molecule has 1 saturated heterocycles. The van der Waals surface area contributed by atoms with Crippen LogP contribution in [0.2, 0.25) is 0 Å². The lowest BCUT2D eigenvalue weighted by atomic mass is 9.99. The van der Waals surface area contributed by atoms with Gasteiger partial charge in [-0.25, -0.2) is 4.39 Å². The van der Waals surface area contributed by atoms with Gasteiger partial charge in [0.05, 0.1) is 0 Å². The fourth-order valence-corrected chi connectivity index (χ4v) is 2.23. The summed E-state index contributed by atoms with van der Waals surface area (Å²) >= 11 is 0. The van der Waals surface area contributed by atoms with Gasteiger partial charge in [0.1, 0.15) is 5.82 Å². The van der Waals surface area contributed by atoms with E-state index >= 15 is 0 Å². The molecule has 88 valence electrons. The fourth-order valence-electron chi connectivity index (χ4n) is 2.23. The summed E-state index contributed by atoms with van der Waals surface area (Å²) in [6, 6.07) is 7.76. The Labute approximate surface area is 96.5 Å². The first-order chi connectivity index (χ1) is 7.65. The number of halogens is 1. The number of anilines is 1. The van der Waals surface area contributed by atoms with E-state index in [0.29, 0.717) is 12.1 Å². The van der Waals surface area contributed by atoms with Crippen LogP contribution in [0.3, 0.4) is 0 Å². The second-order valence-electron chi connectivity index (χ2n) is 4.71. The molecule has 0 aromatic heterocycles. The molecule has 0 amide bonds. The summed E-state index contributed by atoms with van der Waals surface area (Å²) in [5, 5.41) is 3.41. The van der Waals surface area contributed by atoms with Crippen molar-refractivity contribution < 1.29 is 4.39 Å². The summed E-state index contributed by atoms with van der Waals surface area (Å²) in [6.45, 7) is 3.34. The van der Waals surface area contributed by atoms with Crippen LogP contribution >= 0.6 is 0 Å². The molecule has 1 N–H and O–H groups in total. The maximum atomic E-state index is 13.0. The Hall–Kier alpha value is -1.09. The van der Waals surface area contributed by atoms with Crippen LogP contribution < -0.4 is 5.32 Å². The van der Waals surface area contributed by atoms with Crippen molar-refractivity contribution in [2.75, 3.05) is 18.9 Å². The second-order valence-corrected chi connectivity index (χ2v) is 4.71. The van der Waals surface area contributed by atoms with E-state index in [1.54, 1.807) is 12.1 Å². The molecule has 1 aliphatic heterocycles. The Morgan fingerprint density at radius 2 is 2.25 bits per heavy atom. The maximum absolute atomic E-state index is 13.0.